The molecule has 204 valence electrons. The molecule has 0 amide bonds. The molecule has 0 heterocycles. The van der Waals surface area contributed by atoms with Crippen molar-refractivity contribution in [2.75, 3.05) is 13.2 Å². The van der Waals surface area contributed by atoms with Gasteiger partial charge in [-0.1, -0.05) is 136 Å². The first kappa shape index (κ1) is 31.7. The van der Waals surface area contributed by atoms with Gasteiger partial charge in [0.25, 0.3) is 0 Å². The Labute approximate surface area is 217 Å². The van der Waals surface area contributed by atoms with Gasteiger partial charge in [0.05, 0.1) is 25.0 Å². The molecule has 0 bridgehead atoms. The molecule has 0 spiro atoms. The minimum Gasteiger partial charge on any atom is -0.465 e. The highest BCUT2D eigenvalue weighted by atomic mass is 16.5. The van der Waals surface area contributed by atoms with Crippen LogP contribution >= 0.6 is 0 Å². The smallest absolute Gasteiger partial charge is 0.310 e. The van der Waals surface area contributed by atoms with Crippen LogP contribution in [0.2, 0.25) is 0 Å². The Balaban J connectivity index is 2.05. The van der Waals surface area contributed by atoms with E-state index in [1.807, 2.05) is 12.2 Å². The predicted molar refractivity (Wildman–Crippen MR) is 146 cm³/mol. The third kappa shape index (κ3) is 15.4. The van der Waals surface area contributed by atoms with Crippen molar-refractivity contribution in [1.29, 1.82) is 0 Å². The number of carbonyl (C=O) groups excluding carboxylic acids is 2. The van der Waals surface area contributed by atoms with Crippen LogP contribution in [0.3, 0.4) is 0 Å². The number of carbonyl (C=O) groups is 2. The highest BCUT2D eigenvalue weighted by molar-refractivity contribution is 5.82. The standard InChI is InChI=1S/C31H56O4/c1-4-7-8-9-10-11-12-13-14-15-16-17-18-19-22-25-34-30(32)28-23-20-21-24-29(28)31(33)35-26-27(5-2)6-3/h20-21,27-29H,4-19,22-26H2,1-3H3. The summed E-state index contributed by atoms with van der Waals surface area (Å²) in [5, 5.41) is 0. The van der Waals surface area contributed by atoms with Gasteiger partial charge >= 0.3 is 11.9 Å². The number of ether oxygens (including phenoxy) is 2. The fourth-order valence-corrected chi connectivity index (χ4v) is 4.92. The van der Waals surface area contributed by atoms with E-state index in [0.717, 1.165) is 25.7 Å². The number of hydrogen-bond acceptors (Lipinski definition) is 4. The summed E-state index contributed by atoms with van der Waals surface area (Å²) in [6, 6.07) is 0. The molecule has 4 nitrogen and oxygen atoms in total. The summed E-state index contributed by atoms with van der Waals surface area (Å²) in [5.74, 6) is -0.874. The maximum Gasteiger partial charge on any atom is 0.310 e. The zero-order valence-corrected chi connectivity index (χ0v) is 23.4. The summed E-state index contributed by atoms with van der Waals surface area (Å²) in [6.45, 7) is 7.42. The lowest BCUT2D eigenvalue weighted by Gasteiger charge is -2.26. The molecule has 2 unspecified atom stereocenters. The van der Waals surface area contributed by atoms with Crippen LogP contribution in [-0.4, -0.2) is 25.2 Å². The normalized spacial score (nSPS) is 17.6. The average molecular weight is 493 g/mol. The van der Waals surface area contributed by atoms with Crippen molar-refractivity contribution < 1.29 is 19.1 Å². The van der Waals surface area contributed by atoms with Gasteiger partial charge in [0.1, 0.15) is 0 Å². The van der Waals surface area contributed by atoms with Crippen LogP contribution in [-0.2, 0) is 19.1 Å². The summed E-state index contributed by atoms with van der Waals surface area (Å²) in [4.78, 5) is 25.3. The topological polar surface area (TPSA) is 52.6 Å². The lowest BCUT2D eigenvalue weighted by atomic mass is 9.83. The number of esters is 2. The Morgan fingerprint density at radius 1 is 0.629 bits per heavy atom. The average Bonchev–Trinajstić information content (AvgIpc) is 2.88. The molecule has 0 aliphatic heterocycles. The molecule has 0 aromatic rings. The Morgan fingerprint density at radius 2 is 1.03 bits per heavy atom. The monoisotopic (exact) mass is 492 g/mol. The van der Waals surface area contributed by atoms with Gasteiger partial charge in [-0.15, -0.1) is 0 Å². The first-order chi connectivity index (χ1) is 17.1. The van der Waals surface area contributed by atoms with Crippen molar-refractivity contribution in [2.45, 2.75) is 143 Å². The van der Waals surface area contributed by atoms with E-state index in [1.54, 1.807) is 0 Å². The van der Waals surface area contributed by atoms with Gasteiger partial charge < -0.3 is 9.47 Å². The van der Waals surface area contributed by atoms with E-state index >= 15 is 0 Å². The summed E-state index contributed by atoms with van der Waals surface area (Å²) in [5.41, 5.74) is 0. The highest BCUT2D eigenvalue weighted by Gasteiger charge is 2.36. The van der Waals surface area contributed by atoms with Crippen LogP contribution in [0.4, 0.5) is 0 Å². The van der Waals surface area contributed by atoms with E-state index in [9.17, 15) is 9.59 Å². The van der Waals surface area contributed by atoms with Gasteiger partial charge in [0.15, 0.2) is 0 Å². The third-order valence-electron chi connectivity index (χ3n) is 7.65. The molecule has 2 atom stereocenters. The van der Waals surface area contributed by atoms with Crippen LogP contribution in [0.15, 0.2) is 12.2 Å². The van der Waals surface area contributed by atoms with Crippen molar-refractivity contribution in [3.8, 4) is 0 Å². The van der Waals surface area contributed by atoms with Crippen molar-refractivity contribution in [3.63, 3.8) is 0 Å². The van der Waals surface area contributed by atoms with Gasteiger partial charge in [0.2, 0.25) is 0 Å². The molecule has 35 heavy (non-hydrogen) atoms. The van der Waals surface area contributed by atoms with E-state index in [-0.39, 0.29) is 11.9 Å². The molecule has 0 radical (unpaired) electrons. The molecule has 0 saturated carbocycles. The summed E-state index contributed by atoms with van der Waals surface area (Å²) < 4.78 is 11.1. The molecule has 1 aliphatic carbocycles. The molecular weight excluding hydrogens is 436 g/mol. The number of hydrogen-bond donors (Lipinski definition) is 0. The highest BCUT2D eigenvalue weighted by Crippen LogP contribution is 2.28. The van der Waals surface area contributed by atoms with Gasteiger partial charge in [0, 0.05) is 0 Å². The first-order valence-corrected chi connectivity index (χ1v) is 15.1. The zero-order chi connectivity index (χ0) is 25.6. The van der Waals surface area contributed by atoms with Gasteiger partial charge in [-0.3, -0.25) is 9.59 Å². The second-order valence-corrected chi connectivity index (χ2v) is 10.6. The van der Waals surface area contributed by atoms with Crippen LogP contribution in [0.25, 0.3) is 0 Å². The fraction of sp³-hybridized carbons (Fsp3) is 0.871. The van der Waals surface area contributed by atoms with Gasteiger partial charge in [-0.2, -0.15) is 0 Å². The zero-order valence-electron chi connectivity index (χ0n) is 23.4. The summed E-state index contributed by atoms with van der Waals surface area (Å²) >= 11 is 0. The van der Waals surface area contributed by atoms with Gasteiger partial charge in [-0.05, 0) is 25.2 Å². The van der Waals surface area contributed by atoms with E-state index in [1.165, 1.54) is 83.5 Å². The molecular formula is C31H56O4. The molecule has 0 aromatic carbocycles. The van der Waals surface area contributed by atoms with E-state index in [0.29, 0.717) is 32.0 Å². The predicted octanol–water partition coefficient (Wildman–Crippen LogP) is 8.96. The minimum absolute atomic E-state index is 0.232. The van der Waals surface area contributed by atoms with Crippen LogP contribution in [0, 0.1) is 17.8 Å². The molecule has 0 fully saturated rings. The molecule has 0 N–H and O–H groups in total. The lowest BCUT2D eigenvalue weighted by molar-refractivity contribution is -0.161. The first-order valence-electron chi connectivity index (χ1n) is 15.1. The molecule has 4 heteroatoms. The SMILES string of the molecule is CCCCCCCCCCCCCCCCCOC(=O)C1CC=CCC1C(=O)OCC(CC)CC. The van der Waals surface area contributed by atoms with Crippen molar-refractivity contribution in [2.24, 2.45) is 17.8 Å². The summed E-state index contributed by atoms with van der Waals surface area (Å²) in [7, 11) is 0. The van der Waals surface area contributed by atoms with Crippen LogP contribution in [0.1, 0.15) is 143 Å². The van der Waals surface area contributed by atoms with E-state index < -0.39 is 11.8 Å². The maximum atomic E-state index is 12.6. The maximum absolute atomic E-state index is 12.6. The number of allylic oxidation sites excluding steroid dienone is 2. The second kappa shape index (κ2) is 21.9. The lowest BCUT2D eigenvalue weighted by Crippen LogP contribution is -2.34. The number of unbranched alkanes of at least 4 members (excludes halogenated alkanes) is 14. The van der Waals surface area contributed by atoms with Gasteiger partial charge in [-0.25, -0.2) is 0 Å². The van der Waals surface area contributed by atoms with Crippen molar-refractivity contribution >= 4 is 11.9 Å². The van der Waals surface area contributed by atoms with E-state index in [4.69, 9.17) is 9.47 Å². The molecule has 1 rings (SSSR count). The minimum atomic E-state index is -0.400. The Kier molecular flexibility index (Phi) is 19.9. The largest absolute Gasteiger partial charge is 0.465 e. The quantitative estimate of drug-likeness (QED) is 0.0859. The van der Waals surface area contributed by atoms with Crippen LogP contribution < -0.4 is 0 Å². The van der Waals surface area contributed by atoms with E-state index in [2.05, 4.69) is 20.8 Å². The fourth-order valence-electron chi connectivity index (χ4n) is 4.92. The Morgan fingerprint density at radius 3 is 1.46 bits per heavy atom. The Hall–Kier alpha value is -1.32. The summed E-state index contributed by atoms with van der Waals surface area (Å²) in [6.07, 6.45) is 26.9. The Bertz CT molecular complexity index is 552. The number of rotatable bonds is 22. The van der Waals surface area contributed by atoms with Crippen molar-refractivity contribution in [3.05, 3.63) is 12.2 Å². The van der Waals surface area contributed by atoms with Crippen LogP contribution in [0.5, 0.6) is 0 Å². The van der Waals surface area contributed by atoms with Crippen molar-refractivity contribution in [1.82, 2.24) is 0 Å². The second-order valence-electron chi connectivity index (χ2n) is 10.6. The molecule has 0 aromatic heterocycles. The molecule has 1 aliphatic rings. The molecule has 0 saturated heterocycles. The third-order valence-corrected chi connectivity index (χ3v) is 7.65.